The van der Waals surface area contributed by atoms with Gasteiger partial charge in [0, 0.05) is 17.1 Å². The topological polar surface area (TPSA) is 42.2 Å². The summed E-state index contributed by atoms with van der Waals surface area (Å²) in [5, 5.41) is 3.82. The molecule has 0 aliphatic heterocycles. The summed E-state index contributed by atoms with van der Waals surface area (Å²) < 4.78 is 5.53. The molecule has 1 aromatic heterocycles. The molecule has 1 aromatic carbocycles. The molecule has 3 nitrogen and oxygen atoms in total. The van der Waals surface area contributed by atoms with Gasteiger partial charge in [0.1, 0.15) is 11.5 Å². The molecule has 1 fully saturated rings. The number of amides is 1. The average molecular weight is 332 g/mol. The Labute approximate surface area is 142 Å². The third kappa shape index (κ3) is 3.16. The predicted octanol–water partition coefficient (Wildman–Crippen LogP) is 4.68. The normalized spacial score (nSPS) is 16.5. The Hall–Kier alpha value is -1.74. The summed E-state index contributed by atoms with van der Waals surface area (Å²) >= 11 is 5.99. The van der Waals surface area contributed by atoms with Crippen LogP contribution in [0.3, 0.4) is 0 Å². The van der Waals surface area contributed by atoms with E-state index in [1.54, 1.807) is 0 Å². The molecule has 3 rings (SSSR count). The molecule has 0 saturated heterocycles. The Balaban J connectivity index is 1.79. The summed E-state index contributed by atoms with van der Waals surface area (Å²) in [5.74, 6) is 1.85. The highest BCUT2D eigenvalue weighted by atomic mass is 35.5. The number of nitrogens with one attached hydrogen (secondary N) is 1. The maximum absolute atomic E-state index is 13.0. The first kappa shape index (κ1) is 16.1. The zero-order valence-corrected chi connectivity index (χ0v) is 14.4. The van der Waals surface area contributed by atoms with Gasteiger partial charge in [-0.25, -0.2) is 0 Å². The van der Waals surface area contributed by atoms with Gasteiger partial charge in [-0.15, -0.1) is 0 Å². The largest absolute Gasteiger partial charge is 0.466 e. The number of hydrogen-bond donors (Lipinski definition) is 1. The highest BCUT2D eigenvalue weighted by molar-refractivity contribution is 6.30. The van der Waals surface area contributed by atoms with Crippen LogP contribution in [0, 0.1) is 13.8 Å². The molecule has 0 spiro atoms. The molecule has 0 unspecified atom stereocenters. The second kappa shape index (κ2) is 6.40. The lowest BCUT2D eigenvalue weighted by molar-refractivity contribution is -0.126. The van der Waals surface area contributed by atoms with Gasteiger partial charge in [0.2, 0.25) is 5.91 Å². The molecule has 0 radical (unpaired) electrons. The van der Waals surface area contributed by atoms with E-state index in [1.807, 2.05) is 44.2 Å². The number of carbonyl (C=O) groups excluding carboxylic acids is 1. The lowest BCUT2D eigenvalue weighted by Gasteiger charge is -2.28. The Morgan fingerprint density at radius 1 is 1.22 bits per heavy atom. The summed E-state index contributed by atoms with van der Waals surface area (Å²) in [6.07, 6.45) is 3.95. The third-order valence-electron chi connectivity index (χ3n) is 4.87. The van der Waals surface area contributed by atoms with Crippen LogP contribution in [0.15, 0.2) is 34.7 Å². The van der Waals surface area contributed by atoms with Gasteiger partial charge in [0.15, 0.2) is 0 Å². The van der Waals surface area contributed by atoms with Crippen LogP contribution in [0.4, 0.5) is 0 Å². The van der Waals surface area contributed by atoms with Crippen molar-refractivity contribution >= 4 is 17.5 Å². The number of carbonyl (C=O) groups is 1. The van der Waals surface area contributed by atoms with Crippen molar-refractivity contribution < 1.29 is 9.21 Å². The minimum Gasteiger partial charge on any atom is -0.466 e. The molecule has 2 aromatic rings. The molecule has 1 aliphatic carbocycles. The Bertz CT molecular complexity index is 697. The van der Waals surface area contributed by atoms with Crippen LogP contribution in [0.25, 0.3) is 0 Å². The van der Waals surface area contributed by atoms with Crippen molar-refractivity contribution in [1.82, 2.24) is 5.32 Å². The van der Waals surface area contributed by atoms with E-state index in [1.165, 1.54) is 0 Å². The van der Waals surface area contributed by atoms with Gasteiger partial charge in [0.25, 0.3) is 0 Å². The van der Waals surface area contributed by atoms with Gasteiger partial charge in [-0.1, -0.05) is 36.6 Å². The molecule has 1 aliphatic rings. The zero-order valence-electron chi connectivity index (χ0n) is 13.6. The van der Waals surface area contributed by atoms with E-state index < -0.39 is 5.41 Å². The van der Waals surface area contributed by atoms with Crippen molar-refractivity contribution in [2.75, 3.05) is 0 Å². The van der Waals surface area contributed by atoms with E-state index in [9.17, 15) is 4.79 Å². The molecule has 0 atom stereocenters. The van der Waals surface area contributed by atoms with Crippen LogP contribution in [0.2, 0.25) is 5.02 Å². The first-order chi connectivity index (χ1) is 11.0. The Morgan fingerprint density at radius 2 is 1.87 bits per heavy atom. The summed E-state index contributed by atoms with van der Waals surface area (Å²) in [6, 6.07) is 9.70. The van der Waals surface area contributed by atoms with Crippen molar-refractivity contribution in [2.45, 2.75) is 51.5 Å². The van der Waals surface area contributed by atoms with Gasteiger partial charge in [-0.3, -0.25) is 4.79 Å². The van der Waals surface area contributed by atoms with Crippen molar-refractivity contribution in [2.24, 2.45) is 0 Å². The van der Waals surface area contributed by atoms with Crippen molar-refractivity contribution in [3.05, 3.63) is 58.0 Å². The number of aryl methyl sites for hydroxylation is 2. The van der Waals surface area contributed by atoms with Crippen LogP contribution in [-0.2, 0) is 16.8 Å². The fraction of sp³-hybridized carbons (Fsp3) is 0.421. The second-order valence-electron chi connectivity index (χ2n) is 6.42. The standard InChI is InChI=1S/C19H22ClNO2/c1-13-11-15(14(2)23-13)12-21-18(22)19(9-3-4-10-19)16-5-7-17(20)8-6-16/h5-8,11H,3-4,9-10,12H2,1-2H3,(H,21,22). The molecular formula is C19H22ClNO2. The average Bonchev–Trinajstić information content (AvgIpc) is 3.13. The third-order valence-corrected chi connectivity index (χ3v) is 5.12. The van der Waals surface area contributed by atoms with E-state index in [-0.39, 0.29) is 5.91 Å². The minimum absolute atomic E-state index is 0.107. The van der Waals surface area contributed by atoms with E-state index in [4.69, 9.17) is 16.0 Å². The van der Waals surface area contributed by atoms with Crippen LogP contribution in [-0.4, -0.2) is 5.91 Å². The van der Waals surface area contributed by atoms with E-state index in [0.717, 1.165) is 48.3 Å². The first-order valence-corrected chi connectivity index (χ1v) is 8.49. The maximum atomic E-state index is 13.0. The van der Waals surface area contributed by atoms with Gasteiger partial charge in [-0.2, -0.15) is 0 Å². The smallest absolute Gasteiger partial charge is 0.230 e. The van der Waals surface area contributed by atoms with Gasteiger partial charge < -0.3 is 9.73 Å². The van der Waals surface area contributed by atoms with Crippen molar-refractivity contribution in [3.63, 3.8) is 0 Å². The quantitative estimate of drug-likeness (QED) is 0.884. The van der Waals surface area contributed by atoms with Gasteiger partial charge in [0.05, 0.1) is 5.41 Å². The van der Waals surface area contributed by atoms with Crippen LogP contribution in [0.5, 0.6) is 0 Å². The monoisotopic (exact) mass is 331 g/mol. The van der Waals surface area contributed by atoms with Crippen molar-refractivity contribution in [1.29, 1.82) is 0 Å². The highest BCUT2D eigenvalue weighted by Crippen LogP contribution is 2.41. The molecule has 0 bridgehead atoms. The molecular weight excluding hydrogens is 310 g/mol. The lowest BCUT2D eigenvalue weighted by Crippen LogP contribution is -2.42. The van der Waals surface area contributed by atoms with E-state index in [2.05, 4.69) is 5.32 Å². The Kier molecular flexibility index (Phi) is 4.49. The molecule has 23 heavy (non-hydrogen) atoms. The molecule has 1 saturated carbocycles. The van der Waals surface area contributed by atoms with E-state index >= 15 is 0 Å². The van der Waals surface area contributed by atoms with Crippen LogP contribution < -0.4 is 5.32 Å². The summed E-state index contributed by atoms with van der Waals surface area (Å²) in [4.78, 5) is 13.0. The number of furan rings is 1. The lowest BCUT2D eigenvalue weighted by atomic mass is 9.78. The molecule has 1 heterocycles. The van der Waals surface area contributed by atoms with Crippen LogP contribution in [0.1, 0.15) is 48.3 Å². The van der Waals surface area contributed by atoms with Gasteiger partial charge in [-0.05, 0) is 50.5 Å². The fourth-order valence-corrected chi connectivity index (χ4v) is 3.72. The highest BCUT2D eigenvalue weighted by Gasteiger charge is 2.42. The first-order valence-electron chi connectivity index (χ1n) is 8.11. The number of rotatable bonds is 4. The maximum Gasteiger partial charge on any atom is 0.230 e. The molecule has 122 valence electrons. The zero-order chi connectivity index (χ0) is 16.4. The van der Waals surface area contributed by atoms with Gasteiger partial charge >= 0.3 is 0 Å². The SMILES string of the molecule is Cc1cc(CNC(=O)C2(c3ccc(Cl)cc3)CCCC2)c(C)o1. The minimum atomic E-state index is -0.419. The summed E-state index contributed by atoms with van der Waals surface area (Å²) in [6.45, 7) is 4.36. The predicted molar refractivity (Wildman–Crippen MR) is 91.6 cm³/mol. The molecule has 1 amide bonds. The fourth-order valence-electron chi connectivity index (χ4n) is 3.60. The second-order valence-corrected chi connectivity index (χ2v) is 6.85. The number of benzene rings is 1. The molecule has 4 heteroatoms. The van der Waals surface area contributed by atoms with Crippen molar-refractivity contribution in [3.8, 4) is 0 Å². The molecule has 1 N–H and O–H groups in total. The summed E-state index contributed by atoms with van der Waals surface area (Å²) in [7, 11) is 0. The Morgan fingerprint density at radius 3 is 2.43 bits per heavy atom. The summed E-state index contributed by atoms with van der Waals surface area (Å²) in [5.41, 5.74) is 1.69. The number of hydrogen-bond acceptors (Lipinski definition) is 2. The van der Waals surface area contributed by atoms with Crippen LogP contribution >= 0.6 is 11.6 Å². The van der Waals surface area contributed by atoms with E-state index in [0.29, 0.717) is 11.6 Å². The number of halogens is 1.